The Balaban J connectivity index is 2.81. The van der Waals surface area contributed by atoms with Gasteiger partial charge in [0, 0.05) is 48.5 Å². The first kappa shape index (κ1) is 42.7. The molecule has 0 aliphatic carbocycles. The minimum atomic E-state index is -2.47. The molecule has 19 nitrogen and oxygen atoms in total. The van der Waals surface area contributed by atoms with E-state index >= 15 is 0 Å². The quantitative estimate of drug-likeness (QED) is 0.0953. The summed E-state index contributed by atoms with van der Waals surface area (Å²) in [4.78, 5) is 85.0. The van der Waals surface area contributed by atoms with Gasteiger partial charge < -0.3 is 52.1 Å². The molecule has 50 heavy (non-hydrogen) atoms. The molecule has 22 heteroatoms. The number of esters is 7. The summed E-state index contributed by atoms with van der Waals surface area (Å²) in [6.45, 7) is 5.80. The average molecular weight is 781 g/mol. The van der Waals surface area contributed by atoms with E-state index in [2.05, 4.69) is 0 Å². The highest BCUT2D eigenvalue weighted by molar-refractivity contribution is 6.76. The number of carbonyl (C=O) groups is 7. The van der Waals surface area contributed by atoms with Crippen LogP contribution in [-0.4, -0.2) is 126 Å². The van der Waals surface area contributed by atoms with Crippen molar-refractivity contribution in [1.82, 2.24) is 0 Å². The number of alkyl halides is 3. The van der Waals surface area contributed by atoms with Crippen LogP contribution in [0.15, 0.2) is 0 Å². The van der Waals surface area contributed by atoms with Crippen molar-refractivity contribution in [1.29, 1.82) is 5.41 Å². The lowest BCUT2D eigenvalue weighted by atomic mass is 9.96. The Morgan fingerprint density at radius 3 is 1.22 bits per heavy atom. The van der Waals surface area contributed by atoms with Gasteiger partial charge in [-0.2, -0.15) is 0 Å². The van der Waals surface area contributed by atoms with Crippen LogP contribution in [0.3, 0.4) is 0 Å². The minimum absolute atomic E-state index is 0.632. The van der Waals surface area contributed by atoms with Gasteiger partial charge in [-0.15, -0.1) is 0 Å². The molecule has 2 fully saturated rings. The maximum absolute atomic E-state index is 12.4. The Morgan fingerprint density at radius 1 is 0.500 bits per heavy atom. The molecule has 1 N–H and O–H groups in total. The highest BCUT2D eigenvalue weighted by atomic mass is 35.6. The summed E-state index contributed by atoms with van der Waals surface area (Å²) in [5.74, 6) is -7.40. The van der Waals surface area contributed by atoms with Crippen LogP contribution in [0.2, 0.25) is 0 Å². The van der Waals surface area contributed by atoms with E-state index in [-0.39, 0.29) is 0 Å². The van der Waals surface area contributed by atoms with E-state index in [4.69, 9.17) is 92.3 Å². The lowest BCUT2D eigenvalue weighted by Crippen LogP contribution is -2.67. The highest BCUT2D eigenvalue weighted by Gasteiger charge is 2.58. The SMILES string of the molecule is CC(=O)OCC1O[C@@H](O[C@@H]2C(OC(C)=O)[C@H](OC(=N)C(Cl)(Cl)Cl)OC(COC(C)=O)[C@@H]2OC(C)=O)C(OC(C)=O)[C@@H](OC(C)=O)[C@H]1OC(C)=O. The van der Waals surface area contributed by atoms with Gasteiger partial charge in [-0.05, 0) is 0 Å². The third-order valence-electron chi connectivity index (χ3n) is 6.38. The predicted octanol–water partition coefficient (Wildman–Crippen LogP) is 0.970. The van der Waals surface area contributed by atoms with Gasteiger partial charge >= 0.3 is 41.8 Å². The highest BCUT2D eigenvalue weighted by Crippen LogP contribution is 2.37. The van der Waals surface area contributed by atoms with Crippen LogP contribution >= 0.6 is 34.8 Å². The van der Waals surface area contributed by atoms with Crippen LogP contribution in [0.5, 0.6) is 0 Å². The zero-order chi connectivity index (χ0) is 38.1. The summed E-state index contributed by atoms with van der Waals surface area (Å²) in [6.07, 6.45) is -17.2. The molecule has 10 atom stereocenters. The number of hydrogen-bond acceptors (Lipinski definition) is 19. The van der Waals surface area contributed by atoms with Gasteiger partial charge in [0.2, 0.25) is 12.2 Å². The van der Waals surface area contributed by atoms with Crippen molar-refractivity contribution in [3.63, 3.8) is 0 Å². The molecule has 0 bridgehead atoms. The molecule has 4 unspecified atom stereocenters. The summed E-state index contributed by atoms with van der Waals surface area (Å²) in [6, 6.07) is 0. The Hall–Kier alpha value is -3.49. The van der Waals surface area contributed by atoms with E-state index in [1.807, 2.05) is 0 Å². The predicted molar refractivity (Wildman–Crippen MR) is 162 cm³/mol. The number of hydrogen-bond donors (Lipinski definition) is 1. The van der Waals surface area contributed by atoms with Crippen LogP contribution in [0, 0.1) is 5.41 Å². The molecule has 282 valence electrons. The second-order valence-corrected chi connectivity index (χ2v) is 12.9. The van der Waals surface area contributed by atoms with Crippen molar-refractivity contribution in [3.05, 3.63) is 0 Å². The van der Waals surface area contributed by atoms with Crippen LogP contribution in [-0.2, 0) is 85.7 Å². The average Bonchev–Trinajstić information content (AvgIpc) is 2.95. The summed E-state index contributed by atoms with van der Waals surface area (Å²) in [5, 5.41) is 8.09. The Kier molecular flexibility index (Phi) is 15.9. The van der Waals surface area contributed by atoms with Crippen molar-refractivity contribution in [2.45, 2.75) is 114 Å². The lowest BCUT2D eigenvalue weighted by Gasteiger charge is -2.48. The van der Waals surface area contributed by atoms with Crippen molar-refractivity contribution in [2.24, 2.45) is 0 Å². The van der Waals surface area contributed by atoms with Gasteiger partial charge in [0.1, 0.15) is 31.5 Å². The first-order chi connectivity index (χ1) is 23.1. The zero-order valence-corrected chi connectivity index (χ0v) is 29.9. The molecule has 0 aromatic carbocycles. The molecule has 2 aliphatic heterocycles. The normalized spacial score (nSPS) is 29.3. The maximum Gasteiger partial charge on any atom is 0.303 e. The molecule has 2 aliphatic rings. The summed E-state index contributed by atoms with van der Waals surface area (Å²) < 4.78 is 58.1. The Labute approximate surface area is 300 Å². The maximum atomic E-state index is 12.4. The second-order valence-electron chi connectivity index (χ2n) is 10.6. The number of halogens is 3. The Bertz CT molecular complexity index is 1310. The van der Waals surface area contributed by atoms with Crippen molar-refractivity contribution in [2.75, 3.05) is 13.2 Å². The summed E-state index contributed by atoms with van der Waals surface area (Å²) >= 11 is 17.4. The minimum Gasteiger partial charge on any atom is -0.463 e. The van der Waals surface area contributed by atoms with E-state index in [1.165, 1.54) is 0 Å². The standard InChI is InChI=1S/C28H36Cl3NO18/c1-10(33)40-8-17-19(42-12(3)35)21(44-14(5)37)23(45-15(6)38)25(47-17)49-22-20(43-13(4)36)18(9-41-11(2)34)48-26(24(22)46-16(7)39)50-27(32)28(29,30)31/h17-26,32H,8-9H2,1-7H3/t17?,18?,19-,20-,21-,22-,23?,24?,25-,26-/m0/s1. The van der Waals surface area contributed by atoms with Gasteiger partial charge in [0.05, 0.1) is 0 Å². The van der Waals surface area contributed by atoms with Crippen LogP contribution in [0.25, 0.3) is 0 Å². The smallest absolute Gasteiger partial charge is 0.303 e. The first-order valence-electron chi connectivity index (χ1n) is 14.5. The third-order valence-corrected chi connectivity index (χ3v) is 6.89. The van der Waals surface area contributed by atoms with E-state index in [1.54, 1.807) is 0 Å². The number of rotatable bonds is 12. The molecular weight excluding hydrogens is 745 g/mol. The third kappa shape index (κ3) is 13.0. The number of ether oxygens (including phenoxy) is 11. The molecule has 0 radical (unpaired) electrons. The first-order valence-corrected chi connectivity index (χ1v) is 15.7. The van der Waals surface area contributed by atoms with Gasteiger partial charge in [-0.1, -0.05) is 34.8 Å². The van der Waals surface area contributed by atoms with Crippen molar-refractivity contribution in [3.8, 4) is 0 Å². The van der Waals surface area contributed by atoms with E-state index in [0.29, 0.717) is 0 Å². The van der Waals surface area contributed by atoms with E-state index in [9.17, 15) is 33.6 Å². The summed E-state index contributed by atoms with van der Waals surface area (Å²) in [5.41, 5.74) is 0. The number of carbonyl (C=O) groups excluding carboxylic acids is 7. The van der Waals surface area contributed by atoms with Crippen LogP contribution in [0.4, 0.5) is 0 Å². The lowest BCUT2D eigenvalue weighted by molar-refractivity contribution is -0.356. The zero-order valence-electron chi connectivity index (χ0n) is 27.7. The number of nitrogens with one attached hydrogen (secondary N) is 1. The molecule has 0 saturated carbocycles. The second kappa shape index (κ2) is 18.7. The fourth-order valence-electron chi connectivity index (χ4n) is 4.75. The van der Waals surface area contributed by atoms with Crippen LogP contribution in [0.1, 0.15) is 48.5 Å². The Morgan fingerprint density at radius 2 is 0.840 bits per heavy atom. The van der Waals surface area contributed by atoms with Gasteiger partial charge in [-0.25, -0.2) is 0 Å². The van der Waals surface area contributed by atoms with E-state index in [0.717, 1.165) is 48.5 Å². The van der Waals surface area contributed by atoms with Crippen LogP contribution < -0.4 is 0 Å². The molecule has 2 saturated heterocycles. The molecule has 0 aromatic heterocycles. The van der Waals surface area contributed by atoms with Crippen molar-refractivity contribution >= 4 is 82.5 Å². The fourth-order valence-corrected chi connectivity index (χ4v) is 4.88. The largest absolute Gasteiger partial charge is 0.463 e. The van der Waals surface area contributed by atoms with Gasteiger partial charge in [0.15, 0.2) is 36.8 Å². The monoisotopic (exact) mass is 779 g/mol. The van der Waals surface area contributed by atoms with Gasteiger partial charge in [-0.3, -0.25) is 39.0 Å². The fraction of sp³-hybridized carbons (Fsp3) is 0.714. The molecule has 2 heterocycles. The molecule has 0 aromatic rings. The molecule has 2 rings (SSSR count). The summed E-state index contributed by atoms with van der Waals surface area (Å²) in [7, 11) is 0. The molecule has 0 spiro atoms. The van der Waals surface area contributed by atoms with Crippen molar-refractivity contribution < 1.29 is 85.7 Å². The topological polar surface area (TPSA) is 245 Å². The van der Waals surface area contributed by atoms with E-state index < -0.39 is 126 Å². The molecular formula is C28H36Cl3NO18. The molecule has 0 amide bonds. The van der Waals surface area contributed by atoms with Gasteiger partial charge in [0.25, 0.3) is 3.79 Å².